The van der Waals surface area contributed by atoms with Crippen LogP contribution in [0.5, 0.6) is 5.75 Å². The Bertz CT molecular complexity index is 478. The second-order valence-corrected chi connectivity index (χ2v) is 5.97. The summed E-state index contributed by atoms with van der Waals surface area (Å²) in [6, 6.07) is 7.24. The van der Waals surface area contributed by atoms with Gasteiger partial charge in [-0.3, -0.25) is 4.79 Å². The third-order valence-corrected chi connectivity index (χ3v) is 3.58. The number of amides is 1. The third kappa shape index (κ3) is 3.31. The number of β-amino-alcohol motifs (C(OH)–C–C–N with tert-alkyl or cyclic N) is 1. The minimum atomic E-state index is -0.693. The summed E-state index contributed by atoms with van der Waals surface area (Å²) >= 11 is 0. The molecule has 0 spiro atoms. The third-order valence-electron chi connectivity index (χ3n) is 3.58. The Hall–Kier alpha value is -1.55. The molecular weight excluding hydrogens is 254 g/mol. The molecule has 2 rings (SSSR count). The van der Waals surface area contributed by atoms with Crippen LogP contribution in [0.15, 0.2) is 24.3 Å². The van der Waals surface area contributed by atoms with Gasteiger partial charge in [-0.1, -0.05) is 26.8 Å². The maximum Gasteiger partial charge on any atom is 0.254 e. The lowest BCUT2D eigenvalue weighted by molar-refractivity contribution is -0.0826. The lowest BCUT2D eigenvalue weighted by atomic mass is 9.90. The van der Waals surface area contributed by atoms with Crippen LogP contribution >= 0.6 is 0 Å². The molecular formula is C16H23NO3. The summed E-state index contributed by atoms with van der Waals surface area (Å²) in [6.45, 7) is 7.57. The highest BCUT2D eigenvalue weighted by atomic mass is 16.5. The van der Waals surface area contributed by atoms with Gasteiger partial charge in [0.1, 0.15) is 5.75 Å². The van der Waals surface area contributed by atoms with Crippen molar-refractivity contribution in [1.82, 2.24) is 4.90 Å². The summed E-state index contributed by atoms with van der Waals surface area (Å²) < 4.78 is 5.63. The van der Waals surface area contributed by atoms with E-state index in [9.17, 15) is 9.90 Å². The first-order valence-electron chi connectivity index (χ1n) is 7.18. The van der Waals surface area contributed by atoms with Crippen molar-refractivity contribution in [2.75, 3.05) is 19.7 Å². The fourth-order valence-electron chi connectivity index (χ4n) is 2.20. The van der Waals surface area contributed by atoms with Gasteiger partial charge in [-0.05, 0) is 30.5 Å². The molecule has 0 bridgehead atoms. The van der Waals surface area contributed by atoms with Gasteiger partial charge >= 0.3 is 0 Å². The van der Waals surface area contributed by atoms with E-state index in [1.807, 2.05) is 19.1 Å². The maximum absolute atomic E-state index is 12.3. The highest BCUT2D eigenvalue weighted by molar-refractivity contribution is 5.95. The minimum Gasteiger partial charge on any atom is -0.493 e. The summed E-state index contributed by atoms with van der Waals surface area (Å²) in [7, 11) is 0. The molecule has 1 N–H and O–H groups in total. The fourth-order valence-corrected chi connectivity index (χ4v) is 2.20. The lowest BCUT2D eigenvalue weighted by Crippen LogP contribution is -2.63. The fraction of sp³-hybridized carbons (Fsp3) is 0.562. The zero-order chi connectivity index (χ0) is 14.8. The number of nitrogens with zero attached hydrogens (tertiary/aromatic N) is 1. The Balaban J connectivity index is 1.99. The van der Waals surface area contributed by atoms with Crippen LogP contribution in [0.2, 0.25) is 0 Å². The standard InChI is InChI=1S/C16H23NO3/c1-4-16(19)10-17(11-16)15(18)13-6-5-7-14(8-13)20-9-12(2)3/h5-8,12,19H,4,9-11H2,1-3H3. The Labute approximate surface area is 120 Å². The van der Waals surface area contributed by atoms with Gasteiger partial charge in [0, 0.05) is 5.56 Å². The first kappa shape index (κ1) is 14.9. The van der Waals surface area contributed by atoms with Gasteiger partial charge in [0.25, 0.3) is 5.91 Å². The summed E-state index contributed by atoms with van der Waals surface area (Å²) in [6.07, 6.45) is 0.675. The van der Waals surface area contributed by atoms with Crippen LogP contribution in [-0.2, 0) is 0 Å². The summed E-state index contributed by atoms with van der Waals surface area (Å²) in [5.74, 6) is 1.12. The van der Waals surface area contributed by atoms with Gasteiger partial charge < -0.3 is 14.7 Å². The zero-order valence-electron chi connectivity index (χ0n) is 12.4. The zero-order valence-corrected chi connectivity index (χ0v) is 12.4. The van der Waals surface area contributed by atoms with Gasteiger partial charge in [0.05, 0.1) is 25.3 Å². The van der Waals surface area contributed by atoms with Crippen LogP contribution in [-0.4, -0.2) is 41.2 Å². The predicted octanol–water partition coefficient (Wildman–Crippen LogP) is 2.32. The maximum atomic E-state index is 12.3. The van der Waals surface area contributed by atoms with Gasteiger partial charge in [-0.15, -0.1) is 0 Å². The Morgan fingerprint density at radius 1 is 1.45 bits per heavy atom. The van der Waals surface area contributed by atoms with Gasteiger partial charge in [0.2, 0.25) is 0 Å². The van der Waals surface area contributed by atoms with Crippen LogP contribution in [0.25, 0.3) is 0 Å². The topological polar surface area (TPSA) is 49.8 Å². The number of carbonyl (C=O) groups excluding carboxylic acids is 1. The number of rotatable bonds is 5. The monoisotopic (exact) mass is 277 g/mol. The molecule has 0 unspecified atom stereocenters. The molecule has 20 heavy (non-hydrogen) atoms. The van der Waals surface area contributed by atoms with E-state index < -0.39 is 5.60 Å². The molecule has 0 aromatic heterocycles. The van der Waals surface area contributed by atoms with Gasteiger partial charge in [-0.25, -0.2) is 0 Å². The highest BCUT2D eigenvalue weighted by Gasteiger charge is 2.42. The van der Waals surface area contributed by atoms with Crippen molar-refractivity contribution in [3.05, 3.63) is 29.8 Å². The largest absolute Gasteiger partial charge is 0.493 e. The molecule has 0 atom stereocenters. The predicted molar refractivity (Wildman–Crippen MR) is 77.9 cm³/mol. The average molecular weight is 277 g/mol. The summed E-state index contributed by atoms with van der Waals surface area (Å²) in [5, 5.41) is 9.97. The molecule has 1 aromatic rings. The normalized spacial score (nSPS) is 16.9. The van der Waals surface area contributed by atoms with E-state index >= 15 is 0 Å². The number of hydrogen-bond acceptors (Lipinski definition) is 3. The number of likely N-dealkylation sites (tertiary alicyclic amines) is 1. The van der Waals surface area contributed by atoms with E-state index in [0.29, 0.717) is 37.6 Å². The molecule has 1 aromatic carbocycles. The van der Waals surface area contributed by atoms with E-state index in [1.165, 1.54) is 0 Å². The molecule has 0 aliphatic carbocycles. The number of benzene rings is 1. The molecule has 1 heterocycles. The van der Waals surface area contributed by atoms with Crippen molar-refractivity contribution in [2.45, 2.75) is 32.8 Å². The van der Waals surface area contributed by atoms with Crippen LogP contribution in [0.3, 0.4) is 0 Å². The molecule has 0 radical (unpaired) electrons. The van der Waals surface area contributed by atoms with Crippen molar-refractivity contribution >= 4 is 5.91 Å². The van der Waals surface area contributed by atoms with Crippen molar-refractivity contribution in [1.29, 1.82) is 0 Å². The van der Waals surface area contributed by atoms with Crippen LogP contribution in [0, 0.1) is 5.92 Å². The number of carbonyl (C=O) groups is 1. The number of aliphatic hydroxyl groups is 1. The van der Waals surface area contributed by atoms with E-state index in [-0.39, 0.29) is 5.91 Å². The molecule has 4 heteroatoms. The number of hydrogen-bond donors (Lipinski definition) is 1. The quantitative estimate of drug-likeness (QED) is 0.898. The molecule has 1 amide bonds. The van der Waals surface area contributed by atoms with E-state index in [0.717, 1.165) is 5.75 Å². The van der Waals surface area contributed by atoms with E-state index in [2.05, 4.69) is 13.8 Å². The molecule has 0 saturated carbocycles. The second kappa shape index (κ2) is 5.83. The van der Waals surface area contributed by atoms with E-state index in [4.69, 9.17) is 4.74 Å². The molecule has 4 nitrogen and oxygen atoms in total. The Morgan fingerprint density at radius 2 is 2.15 bits per heavy atom. The molecule has 1 saturated heterocycles. The van der Waals surface area contributed by atoms with Crippen molar-refractivity contribution < 1.29 is 14.6 Å². The first-order chi connectivity index (χ1) is 9.43. The Kier molecular flexibility index (Phi) is 4.33. The van der Waals surface area contributed by atoms with E-state index in [1.54, 1.807) is 17.0 Å². The smallest absolute Gasteiger partial charge is 0.254 e. The number of ether oxygens (including phenoxy) is 1. The summed E-state index contributed by atoms with van der Waals surface area (Å²) in [5.41, 5.74) is -0.0778. The molecule has 110 valence electrons. The van der Waals surface area contributed by atoms with Gasteiger partial charge in [0.15, 0.2) is 0 Å². The SMILES string of the molecule is CCC1(O)CN(C(=O)c2cccc(OCC(C)C)c2)C1. The molecule has 1 aliphatic heterocycles. The van der Waals surface area contributed by atoms with Crippen molar-refractivity contribution in [3.63, 3.8) is 0 Å². The first-order valence-corrected chi connectivity index (χ1v) is 7.18. The van der Waals surface area contributed by atoms with Crippen LogP contribution in [0.1, 0.15) is 37.6 Å². The van der Waals surface area contributed by atoms with Crippen LogP contribution in [0.4, 0.5) is 0 Å². The molecule has 1 fully saturated rings. The Morgan fingerprint density at radius 3 is 2.75 bits per heavy atom. The average Bonchev–Trinajstić information content (AvgIpc) is 2.41. The molecule has 1 aliphatic rings. The second-order valence-electron chi connectivity index (χ2n) is 5.97. The van der Waals surface area contributed by atoms with Crippen molar-refractivity contribution in [2.24, 2.45) is 5.92 Å². The van der Waals surface area contributed by atoms with Crippen LogP contribution < -0.4 is 4.74 Å². The minimum absolute atomic E-state index is 0.0434. The van der Waals surface area contributed by atoms with Crippen molar-refractivity contribution in [3.8, 4) is 5.75 Å². The summed E-state index contributed by atoms with van der Waals surface area (Å²) in [4.78, 5) is 14.0. The lowest BCUT2D eigenvalue weighted by Gasteiger charge is -2.46. The van der Waals surface area contributed by atoms with Gasteiger partial charge in [-0.2, -0.15) is 0 Å². The highest BCUT2D eigenvalue weighted by Crippen LogP contribution is 2.26.